The predicted molar refractivity (Wildman–Crippen MR) is 98.8 cm³/mol. The van der Waals surface area contributed by atoms with E-state index < -0.39 is 16.4 Å². The summed E-state index contributed by atoms with van der Waals surface area (Å²) in [6.07, 6.45) is 0.963. The van der Waals surface area contributed by atoms with E-state index in [4.69, 9.17) is 33.9 Å². The predicted octanol–water partition coefficient (Wildman–Crippen LogP) is 3.02. The summed E-state index contributed by atoms with van der Waals surface area (Å²) in [7, 11) is -3.24. The summed E-state index contributed by atoms with van der Waals surface area (Å²) in [6.45, 7) is 1.59. The third-order valence-corrected chi connectivity index (χ3v) is 5.19. The number of thiophene rings is 1. The molecule has 0 fully saturated rings. The van der Waals surface area contributed by atoms with Crippen LogP contribution >= 0.6 is 22.9 Å². The van der Waals surface area contributed by atoms with Gasteiger partial charge in [0.2, 0.25) is 0 Å². The van der Waals surface area contributed by atoms with Crippen LogP contribution in [-0.4, -0.2) is 42.0 Å². The second-order valence-electron chi connectivity index (χ2n) is 5.48. The first kappa shape index (κ1) is 20.8. The standard InChI is InChI=1S/C16H16ClNO2S.H2O4S/c1-20-16(19)15(12-4-2-3-5-13(12)17)18-8-6-14-11(10-18)7-9-21-14;1-5(2,3)4/h2-5,7,9,15H,6,8,10H2,1H3;(H2,1,2,3,4)/t15-;/m1./s1. The maximum absolute atomic E-state index is 12.3. The number of esters is 1. The molecule has 1 aromatic carbocycles. The first-order chi connectivity index (χ1) is 12.2. The maximum atomic E-state index is 12.3. The molecule has 0 saturated heterocycles. The summed E-state index contributed by atoms with van der Waals surface area (Å²) in [5.74, 6) is -0.262. The number of carbonyl (C=O) groups is 1. The van der Waals surface area contributed by atoms with Gasteiger partial charge in [-0.05, 0) is 35.1 Å². The van der Waals surface area contributed by atoms with E-state index in [1.54, 1.807) is 11.3 Å². The first-order valence-corrected chi connectivity index (χ1v) is 10.2. The van der Waals surface area contributed by atoms with Gasteiger partial charge < -0.3 is 4.74 Å². The lowest BCUT2D eigenvalue weighted by Crippen LogP contribution is -2.38. The highest BCUT2D eigenvalue weighted by molar-refractivity contribution is 7.79. The summed E-state index contributed by atoms with van der Waals surface area (Å²) in [5.41, 5.74) is 2.11. The summed E-state index contributed by atoms with van der Waals surface area (Å²) in [5, 5.41) is 2.71. The van der Waals surface area contributed by atoms with Gasteiger partial charge in [-0.25, -0.2) is 4.79 Å². The van der Waals surface area contributed by atoms with E-state index in [9.17, 15) is 4.79 Å². The first-order valence-electron chi connectivity index (χ1n) is 7.52. The Morgan fingerprint density at radius 1 is 1.31 bits per heavy atom. The third kappa shape index (κ3) is 5.76. The van der Waals surface area contributed by atoms with Crippen LogP contribution in [0.25, 0.3) is 0 Å². The molecular weight excluding hydrogens is 402 g/mol. The number of hydrogen-bond donors (Lipinski definition) is 2. The molecule has 0 aliphatic carbocycles. The molecule has 0 amide bonds. The van der Waals surface area contributed by atoms with Crippen LogP contribution in [0.15, 0.2) is 35.7 Å². The number of nitrogens with zero attached hydrogens (tertiary/aromatic N) is 1. The molecule has 2 N–H and O–H groups in total. The van der Waals surface area contributed by atoms with E-state index in [-0.39, 0.29) is 5.97 Å². The van der Waals surface area contributed by atoms with Gasteiger partial charge in [-0.3, -0.25) is 14.0 Å². The molecule has 7 nitrogen and oxygen atoms in total. The smallest absolute Gasteiger partial charge is 0.394 e. The normalized spacial score (nSPS) is 15.4. The molecule has 1 aliphatic rings. The number of halogens is 1. The van der Waals surface area contributed by atoms with Crippen molar-refractivity contribution in [1.29, 1.82) is 0 Å². The maximum Gasteiger partial charge on any atom is 0.394 e. The van der Waals surface area contributed by atoms with Crippen LogP contribution in [0, 0.1) is 0 Å². The quantitative estimate of drug-likeness (QED) is 0.582. The Morgan fingerprint density at radius 3 is 2.58 bits per heavy atom. The van der Waals surface area contributed by atoms with Gasteiger partial charge in [-0.1, -0.05) is 29.8 Å². The largest absolute Gasteiger partial charge is 0.468 e. The van der Waals surface area contributed by atoms with Crippen LogP contribution in [0.2, 0.25) is 5.02 Å². The SMILES string of the molecule is COC(=O)[C@@H](c1ccccc1Cl)N1CCc2sccc2C1.O=S(=O)(O)O. The molecule has 0 spiro atoms. The van der Waals surface area contributed by atoms with Crippen LogP contribution in [0.3, 0.4) is 0 Å². The number of fused-ring (bicyclic) bond motifs is 1. The van der Waals surface area contributed by atoms with Gasteiger partial charge in [0.1, 0.15) is 6.04 Å². The van der Waals surface area contributed by atoms with E-state index in [1.807, 2.05) is 24.3 Å². The molecule has 1 aromatic heterocycles. The molecule has 2 heterocycles. The molecular formula is C16H18ClNO6S2. The van der Waals surface area contributed by atoms with Gasteiger partial charge in [0, 0.05) is 23.0 Å². The van der Waals surface area contributed by atoms with Crippen molar-refractivity contribution in [2.75, 3.05) is 13.7 Å². The van der Waals surface area contributed by atoms with Crippen LogP contribution in [0.1, 0.15) is 22.0 Å². The van der Waals surface area contributed by atoms with Gasteiger partial charge in [-0.2, -0.15) is 8.42 Å². The molecule has 10 heteroatoms. The third-order valence-electron chi connectivity index (χ3n) is 3.83. The van der Waals surface area contributed by atoms with E-state index in [2.05, 4.69) is 16.3 Å². The summed E-state index contributed by atoms with van der Waals surface area (Å²) in [4.78, 5) is 15.8. The molecule has 0 bridgehead atoms. The second kappa shape index (κ2) is 8.94. The van der Waals surface area contributed by atoms with Crippen molar-refractivity contribution in [3.63, 3.8) is 0 Å². The van der Waals surface area contributed by atoms with Crippen molar-refractivity contribution < 1.29 is 27.1 Å². The average molecular weight is 420 g/mol. The summed E-state index contributed by atoms with van der Waals surface area (Å²) in [6, 6.07) is 9.16. The highest BCUT2D eigenvalue weighted by Gasteiger charge is 2.32. The zero-order chi connectivity index (χ0) is 19.3. The Bertz CT molecular complexity index is 859. The molecule has 0 unspecified atom stereocenters. The fourth-order valence-electron chi connectivity index (χ4n) is 2.77. The molecule has 142 valence electrons. The van der Waals surface area contributed by atoms with E-state index in [0.29, 0.717) is 5.02 Å². The van der Waals surface area contributed by atoms with Crippen molar-refractivity contribution >= 4 is 39.3 Å². The van der Waals surface area contributed by atoms with Crippen LogP contribution in [0.4, 0.5) is 0 Å². The number of hydrogen-bond acceptors (Lipinski definition) is 6. The van der Waals surface area contributed by atoms with Crippen LogP contribution in [-0.2, 0) is 32.9 Å². The number of benzene rings is 1. The zero-order valence-electron chi connectivity index (χ0n) is 13.8. The number of carbonyl (C=O) groups excluding carboxylic acids is 1. The molecule has 2 aromatic rings. The molecule has 1 atom stereocenters. The summed E-state index contributed by atoms with van der Waals surface area (Å²) >= 11 is 8.07. The van der Waals surface area contributed by atoms with Gasteiger partial charge in [0.15, 0.2) is 0 Å². The van der Waals surface area contributed by atoms with Crippen molar-refractivity contribution in [2.24, 2.45) is 0 Å². The monoisotopic (exact) mass is 419 g/mol. The fourth-order valence-corrected chi connectivity index (χ4v) is 3.90. The lowest BCUT2D eigenvalue weighted by Gasteiger charge is -2.33. The highest BCUT2D eigenvalue weighted by atomic mass is 35.5. The van der Waals surface area contributed by atoms with E-state index in [0.717, 1.165) is 25.1 Å². The van der Waals surface area contributed by atoms with Gasteiger partial charge >= 0.3 is 16.4 Å². The van der Waals surface area contributed by atoms with Crippen LogP contribution in [0.5, 0.6) is 0 Å². The van der Waals surface area contributed by atoms with E-state index >= 15 is 0 Å². The van der Waals surface area contributed by atoms with Crippen molar-refractivity contribution in [1.82, 2.24) is 4.90 Å². The fraction of sp³-hybridized carbons (Fsp3) is 0.312. The molecule has 3 rings (SSSR count). The van der Waals surface area contributed by atoms with Gasteiger partial charge in [-0.15, -0.1) is 11.3 Å². The Morgan fingerprint density at radius 2 is 1.96 bits per heavy atom. The minimum atomic E-state index is -4.67. The Kier molecular flexibility index (Phi) is 7.16. The molecule has 26 heavy (non-hydrogen) atoms. The number of rotatable bonds is 3. The van der Waals surface area contributed by atoms with E-state index in [1.165, 1.54) is 17.6 Å². The van der Waals surface area contributed by atoms with Gasteiger partial charge in [0.05, 0.1) is 7.11 Å². The topological polar surface area (TPSA) is 104 Å². The number of methoxy groups -OCH3 is 1. The Hall–Kier alpha value is -1.49. The highest BCUT2D eigenvalue weighted by Crippen LogP contribution is 2.33. The Labute approximate surface area is 160 Å². The number of ether oxygens (including phenoxy) is 1. The molecule has 1 aliphatic heterocycles. The second-order valence-corrected chi connectivity index (χ2v) is 7.79. The van der Waals surface area contributed by atoms with Crippen molar-refractivity contribution in [2.45, 2.75) is 19.0 Å². The minimum absolute atomic E-state index is 0.262. The Balaban J connectivity index is 0.000000431. The van der Waals surface area contributed by atoms with Crippen molar-refractivity contribution in [3.8, 4) is 0 Å². The average Bonchev–Trinajstić information content (AvgIpc) is 3.03. The molecule has 0 saturated carbocycles. The van der Waals surface area contributed by atoms with Crippen LogP contribution < -0.4 is 0 Å². The molecule has 0 radical (unpaired) electrons. The minimum Gasteiger partial charge on any atom is -0.468 e. The lowest BCUT2D eigenvalue weighted by atomic mass is 10.0. The van der Waals surface area contributed by atoms with Gasteiger partial charge in [0.25, 0.3) is 0 Å². The zero-order valence-corrected chi connectivity index (χ0v) is 16.2. The lowest BCUT2D eigenvalue weighted by molar-refractivity contribution is -0.147. The summed E-state index contributed by atoms with van der Waals surface area (Å²) < 4.78 is 36.6. The van der Waals surface area contributed by atoms with Crippen molar-refractivity contribution in [3.05, 3.63) is 56.7 Å².